The Morgan fingerprint density at radius 1 is 1.04 bits per heavy atom. The fourth-order valence-corrected chi connectivity index (χ4v) is 3.94. The molecule has 0 unspecified atom stereocenters. The number of piperazine rings is 1. The number of nitrogens with zero attached hydrogens (tertiary/aromatic N) is 1. The summed E-state index contributed by atoms with van der Waals surface area (Å²) in [4.78, 5) is 27.0. The largest absolute Gasteiger partial charge is 0.360 e. The van der Waals surface area contributed by atoms with Gasteiger partial charge in [-0.15, -0.1) is 11.3 Å². The van der Waals surface area contributed by atoms with Crippen molar-refractivity contribution in [3.63, 3.8) is 0 Å². The molecule has 1 aliphatic rings. The van der Waals surface area contributed by atoms with Crippen molar-refractivity contribution >= 4 is 34.5 Å². The number of hydrogen-bond acceptors (Lipinski definition) is 4. The van der Waals surface area contributed by atoms with E-state index < -0.39 is 0 Å². The van der Waals surface area contributed by atoms with E-state index in [-0.39, 0.29) is 11.8 Å². The Balaban J connectivity index is 1.48. The summed E-state index contributed by atoms with van der Waals surface area (Å²) in [6, 6.07) is 19.5. The van der Waals surface area contributed by atoms with Crippen LogP contribution in [-0.2, 0) is 4.79 Å². The van der Waals surface area contributed by atoms with Crippen LogP contribution in [0.2, 0.25) is 0 Å². The molecule has 5 nitrogen and oxygen atoms in total. The van der Waals surface area contributed by atoms with Crippen LogP contribution in [0, 0.1) is 0 Å². The van der Waals surface area contributed by atoms with Crippen LogP contribution in [0.4, 0.5) is 11.4 Å². The topological polar surface area (TPSA) is 61.4 Å². The van der Waals surface area contributed by atoms with Crippen LogP contribution in [0.5, 0.6) is 0 Å². The maximum atomic E-state index is 12.7. The maximum absolute atomic E-state index is 12.7. The molecule has 2 N–H and O–H groups in total. The first-order valence-corrected chi connectivity index (χ1v) is 9.64. The van der Waals surface area contributed by atoms with Crippen molar-refractivity contribution in [1.29, 1.82) is 0 Å². The number of carbonyl (C=O) groups excluding carboxylic acids is 2. The third kappa shape index (κ3) is 3.85. The number of nitrogens with one attached hydrogen (secondary N) is 2. The van der Waals surface area contributed by atoms with E-state index in [9.17, 15) is 9.59 Å². The molecule has 0 radical (unpaired) electrons. The first-order valence-electron chi connectivity index (χ1n) is 8.77. The zero-order valence-corrected chi connectivity index (χ0v) is 15.5. The smallest absolute Gasteiger partial charge is 0.266 e. The first kappa shape index (κ1) is 17.3. The van der Waals surface area contributed by atoms with Gasteiger partial charge < -0.3 is 15.5 Å². The van der Waals surface area contributed by atoms with Gasteiger partial charge in [-0.25, -0.2) is 0 Å². The molecule has 2 heterocycles. The summed E-state index contributed by atoms with van der Waals surface area (Å²) in [6.45, 7) is 1.80. The Morgan fingerprint density at radius 3 is 2.56 bits per heavy atom. The molecule has 136 valence electrons. The Labute approximate surface area is 161 Å². The molecule has 0 atom stereocenters. The lowest BCUT2D eigenvalue weighted by molar-refractivity contribution is -0.120. The first-order chi connectivity index (χ1) is 13.2. The van der Waals surface area contributed by atoms with E-state index in [1.807, 2.05) is 70.9 Å². The van der Waals surface area contributed by atoms with Crippen LogP contribution >= 0.6 is 11.3 Å². The summed E-state index contributed by atoms with van der Waals surface area (Å²) < 4.78 is 0. The second kappa shape index (κ2) is 7.63. The van der Waals surface area contributed by atoms with E-state index in [1.165, 1.54) is 11.3 Å². The summed E-state index contributed by atoms with van der Waals surface area (Å²) >= 11 is 1.43. The van der Waals surface area contributed by atoms with Gasteiger partial charge in [0.2, 0.25) is 5.91 Å². The molecule has 6 heteroatoms. The molecule has 1 saturated heterocycles. The molecule has 2 amide bonds. The zero-order chi connectivity index (χ0) is 18.6. The monoisotopic (exact) mass is 377 g/mol. The minimum Gasteiger partial charge on any atom is -0.360 e. The fourth-order valence-electron chi connectivity index (χ4n) is 3.13. The van der Waals surface area contributed by atoms with E-state index in [2.05, 4.69) is 10.6 Å². The molecule has 0 bridgehead atoms. The molecule has 0 aliphatic carbocycles. The van der Waals surface area contributed by atoms with Crippen molar-refractivity contribution in [1.82, 2.24) is 5.32 Å². The van der Waals surface area contributed by atoms with Gasteiger partial charge in [0.25, 0.3) is 5.91 Å². The normalized spacial score (nSPS) is 13.9. The van der Waals surface area contributed by atoms with E-state index >= 15 is 0 Å². The Kier molecular flexibility index (Phi) is 4.89. The molecule has 1 aromatic heterocycles. The van der Waals surface area contributed by atoms with E-state index in [0.717, 1.165) is 29.0 Å². The van der Waals surface area contributed by atoms with Crippen LogP contribution in [0.3, 0.4) is 0 Å². The highest BCUT2D eigenvalue weighted by atomic mass is 32.1. The van der Waals surface area contributed by atoms with E-state index in [1.54, 1.807) is 0 Å². The van der Waals surface area contributed by atoms with Gasteiger partial charge in [0.1, 0.15) is 0 Å². The van der Waals surface area contributed by atoms with Crippen LogP contribution < -0.4 is 15.5 Å². The fraction of sp³-hybridized carbons (Fsp3) is 0.143. The highest BCUT2D eigenvalue weighted by molar-refractivity contribution is 7.12. The van der Waals surface area contributed by atoms with Gasteiger partial charge in [0.05, 0.1) is 11.4 Å². The van der Waals surface area contributed by atoms with Gasteiger partial charge in [-0.05, 0) is 41.3 Å². The van der Waals surface area contributed by atoms with Gasteiger partial charge >= 0.3 is 0 Å². The highest BCUT2D eigenvalue weighted by Crippen LogP contribution is 2.29. The number of hydrogen-bond donors (Lipinski definition) is 2. The number of carbonyl (C=O) groups is 2. The predicted octanol–water partition coefficient (Wildman–Crippen LogP) is 3.60. The van der Waals surface area contributed by atoms with E-state index in [4.69, 9.17) is 0 Å². The lowest BCUT2D eigenvalue weighted by Crippen LogP contribution is -2.47. The summed E-state index contributed by atoms with van der Waals surface area (Å²) in [5, 5.41) is 7.72. The lowest BCUT2D eigenvalue weighted by atomic mass is 10.1. The van der Waals surface area contributed by atoms with Crippen molar-refractivity contribution in [2.75, 3.05) is 29.9 Å². The van der Waals surface area contributed by atoms with Gasteiger partial charge in [-0.2, -0.15) is 0 Å². The molecule has 2 aromatic carbocycles. The van der Waals surface area contributed by atoms with Gasteiger partial charge in [0, 0.05) is 30.0 Å². The number of thiophene rings is 1. The second-order valence-corrected chi connectivity index (χ2v) is 7.22. The lowest BCUT2D eigenvalue weighted by Gasteiger charge is -2.28. The molecule has 3 aromatic rings. The van der Waals surface area contributed by atoms with Crippen molar-refractivity contribution in [3.8, 4) is 11.1 Å². The van der Waals surface area contributed by atoms with Crippen LogP contribution in [0.1, 0.15) is 9.67 Å². The second-order valence-electron chi connectivity index (χ2n) is 6.30. The Morgan fingerprint density at radius 2 is 1.81 bits per heavy atom. The number of anilines is 2. The molecule has 27 heavy (non-hydrogen) atoms. The maximum Gasteiger partial charge on any atom is 0.266 e. The van der Waals surface area contributed by atoms with Crippen molar-refractivity contribution in [3.05, 3.63) is 70.9 Å². The Bertz CT molecular complexity index is 951. The average molecular weight is 377 g/mol. The number of benzene rings is 2. The average Bonchev–Trinajstić information content (AvgIpc) is 3.19. The predicted molar refractivity (Wildman–Crippen MR) is 109 cm³/mol. The van der Waals surface area contributed by atoms with Crippen molar-refractivity contribution in [2.45, 2.75) is 0 Å². The Hall–Kier alpha value is -3.12. The SMILES string of the molecule is O=C1CN(c2ccc(NC(=O)c3sccc3-c3ccccc3)cc2)CCN1. The quantitative estimate of drug-likeness (QED) is 0.730. The third-order valence-corrected chi connectivity index (χ3v) is 5.40. The highest BCUT2D eigenvalue weighted by Gasteiger charge is 2.17. The van der Waals surface area contributed by atoms with Crippen molar-refractivity contribution in [2.24, 2.45) is 0 Å². The molecular formula is C21H19N3O2S. The van der Waals surface area contributed by atoms with Gasteiger partial charge in [0.15, 0.2) is 0 Å². The molecule has 1 aliphatic heterocycles. The molecular weight excluding hydrogens is 358 g/mol. The third-order valence-electron chi connectivity index (χ3n) is 4.48. The standard InChI is InChI=1S/C21H19N3O2S/c25-19-14-24(12-11-22-19)17-8-6-16(7-9-17)23-21(26)20-18(10-13-27-20)15-4-2-1-3-5-15/h1-10,13H,11-12,14H2,(H,22,25)(H,23,26). The molecule has 1 fully saturated rings. The van der Waals surface area contributed by atoms with Crippen LogP contribution in [0.25, 0.3) is 11.1 Å². The minimum absolute atomic E-state index is 0.0322. The summed E-state index contributed by atoms with van der Waals surface area (Å²) in [5.41, 5.74) is 3.68. The summed E-state index contributed by atoms with van der Waals surface area (Å²) in [6.07, 6.45) is 0. The van der Waals surface area contributed by atoms with Gasteiger partial charge in [-0.3, -0.25) is 9.59 Å². The summed E-state index contributed by atoms with van der Waals surface area (Å²) in [7, 11) is 0. The number of rotatable bonds is 4. The molecule has 4 rings (SSSR count). The van der Waals surface area contributed by atoms with Crippen LogP contribution in [-0.4, -0.2) is 31.4 Å². The molecule has 0 saturated carbocycles. The van der Waals surface area contributed by atoms with Gasteiger partial charge in [-0.1, -0.05) is 30.3 Å². The number of amides is 2. The molecule has 0 spiro atoms. The summed E-state index contributed by atoms with van der Waals surface area (Å²) in [5.74, 6) is -0.0845. The minimum atomic E-state index is -0.117. The van der Waals surface area contributed by atoms with Crippen molar-refractivity contribution < 1.29 is 9.59 Å². The van der Waals surface area contributed by atoms with E-state index in [0.29, 0.717) is 18.0 Å². The van der Waals surface area contributed by atoms with Crippen LogP contribution in [0.15, 0.2) is 66.0 Å². The zero-order valence-electron chi connectivity index (χ0n) is 14.6.